The van der Waals surface area contributed by atoms with Crippen LogP contribution in [0.15, 0.2) is 71.3 Å². The van der Waals surface area contributed by atoms with Crippen LogP contribution < -0.4 is 0 Å². The number of hydrazone groups is 2. The lowest BCUT2D eigenvalue weighted by Crippen LogP contribution is -2.29. The number of fused-ring (bicyclic) bond motifs is 1. The van der Waals surface area contributed by atoms with E-state index in [0.717, 1.165) is 33.9 Å². The number of halogens is 4. The third-order valence-corrected chi connectivity index (χ3v) is 5.65. The van der Waals surface area contributed by atoms with Crippen LogP contribution in [0.2, 0.25) is 5.02 Å². The molecular formula is C24H18ClF3N6. The maximum Gasteiger partial charge on any atom is 0.433 e. The Morgan fingerprint density at radius 3 is 2.47 bits per heavy atom. The van der Waals surface area contributed by atoms with Crippen LogP contribution >= 0.6 is 11.6 Å². The largest absolute Gasteiger partial charge is 0.433 e. The van der Waals surface area contributed by atoms with Crippen molar-refractivity contribution < 1.29 is 13.2 Å². The number of pyridine rings is 2. The van der Waals surface area contributed by atoms with E-state index in [-0.39, 0.29) is 6.54 Å². The quantitative estimate of drug-likeness (QED) is 0.496. The van der Waals surface area contributed by atoms with Crippen molar-refractivity contribution >= 4 is 34.8 Å². The molecule has 0 aliphatic carbocycles. The summed E-state index contributed by atoms with van der Waals surface area (Å²) in [6.45, 7) is 2.61. The Morgan fingerprint density at radius 1 is 1.00 bits per heavy atom. The maximum atomic E-state index is 12.8. The van der Waals surface area contributed by atoms with E-state index in [1.807, 2.05) is 37.3 Å². The highest BCUT2D eigenvalue weighted by molar-refractivity contribution is 6.39. The van der Waals surface area contributed by atoms with E-state index in [4.69, 9.17) is 16.7 Å². The Hall–Kier alpha value is -3.72. The fourth-order valence-corrected chi connectivity index (χ4v) is 3.95. The molecule has 2 aliphatic heterocycles. The highest BCUT2D eigenvalue weighted by Gasteiger charge is 2.33. The summed E-state index contributed by atoms with van der Waals surface area (Å²) in [5.74, 6) is 0.639. The summed E-state index contributed by atoms with van der Waals surface area (Å²) in [6.07, 6.45) is 2.09. The van der Waals surface area contributed by atoms with E-state index >= 15 is 0 Å². The summed E-state index contributed by atoms with van der Waals surface area (Å²) >= 11 is 6.08. The summed E-state index contributed by atoms with van der Waals surface area (Å²) < 4.78 is 38.5. The number of aryl methyl sites for hydroxylation is 1. The summed E-state index contributed by atoms with van der Waals surface area (Å²) in [4.78, 5) is 7.89. The number of hydrogen-bond acceptors (Lipinski definition) is 6. The fourth-order valence-electron chi connectivity index (χ4n) is 3.83. The monoisotopic (exact) mass is 482 g/mol. The van der Waals surface area contributed by atoms with Gasteiger partial charge < -0.3 is 0 Å². The molecule has 0 fully saturated rings. The van der Waals surface area contributed by atoms with E-state index in [1.54, 1.807) is 28.6 Å². The van der Waals surface area contributed by atoms with E-state index in [0.29, 0.717) is 23.1 Å². The van der Waals surface area contributed by atoms with Crippen LogP contribution in [-0.4, -0.2) is 38.7 Å². The molecule has 0 radical (unpaired) electrons. The maximum absolute atomic E-state index is 12.8. The second kappa shape index (κ2) is 8.57. The lowest BCUT2D eigenvalue weighted by atomic mass is 9.94. The van der Waals surface area contributed by atoms with E-state index in [9.17, 15) is 13.2 Å². The highest BCUT2D eigenvalue weighted by Crippen LogP contribution is 2.34. The number of benzene rings is 1. The van der Waals surface area contributed by atoms with Gasteiger partial charge in [0.25, 0.3) is 0 Å². The van der Waals surface area contributed by atoms with Crippen molar-refractivity contribution in [2.24, 2.45) is 10.2 Å². The Balaban J connectivity index is 1.52. The zero-order chi connectivity index (χ0) is 23.9. The van der Waals surface area contributed by atoms with Gasteiger partial charge in [0, 0.05) is 40.3 Å². The Morgan fingerprint density at radius 2 is 1.79 bits per heavy atom. The van der Waals surface area contributed by atoms with E-state index < -0.39 is 11.9 Å². The molecule has 2 aliphatic rings. The van der Waals surface area contributed by atoms with Crippen molar-refractivity contribution in [1.82, 2.24) is 20.0 Å². The van der Waals surface area contributed by atoms with Gasteiger partial charge >= 0.3 is 6.18 Å². The molecule has 34 heavy (non-hydrogen) atoms. The molecule has 172 valence electrons. The number of alkyl halides is 3. The Labute approximate surface area is 198 Å². The Kier molecular flexibility index (Phi) is 5.57. The Bertz CT molecular complexity index is 1310. The van der Waals surface area contributed by atoms with Crippen LogP contribution in [0.5, 0.6) is 0 Å². The highest BCUT2D eigenvalue weighted by atomic mass is 35.5. The zero-order valence-corrected chi connectivity index (χ0v) is 18.7. The molecule has 2 aromatic heterocycles. The predicted molar refractivity (Wildman–Crippen MR) is 125 cm³/mol. The first-order chi connectivity index (χ1) is 16.3. The number of allylic oxidation sites excluding steroid dienone is 1. The van der Waals surface area contributed by atoms with Gasteiger partial charge in [-0.3, -0.25) is 15.0 Å². The minimum absolute atomic E-state index is 0.288. The molecular weight excluding hydrogens is 465 g/mol. The average molecular weight is 483 g/mol. The number of nitrogens with zero attached hydrogens (tertiary/aromatic N) is 6. The molecule has 3 aromatic rings. The lowest BCUT2D eigenvalue weighted by Gasteiger charge is -2.23. The van der Waals surface area contributed by atoms with Gasteiger partial charge in [0.1, 0.15) is 12.4 Å². The molecule has 0 bridgehead atoms. The third kappa shape index (κ3) is 4.38. The topological polar surface area (TPSA) is 57.0 Å². The molecule has 0 saturated carbocycles. The van der Waals surface area contributed by atoms with Gasteiger partial charge in [-0.25, -0.2) is 5.01 Å². The molecule has 0 saturated heterocycles. The van der Waals surface area contributed by atoms with Gasteiger partial charge in [-0.15, -0.1) is 0 Å². The molecule has 5 rings (SSSR count). The molecule has 0 amide bonds. The third-order valence-electron chi connectivity index (χ3n) is 5.40. The number of aromatic nitrogens is 2. The van der Waals surface area contributed by atoms with Gasteiger partial charge in [0.15, 0.2) is 5.84 Å². The fraction of sp³-hybridized carbons (Fsp3) is 0.167. The molecule has 0 N–H and O–H groups in total. The summed E-state index contributed by atoms with van der Waals surface area (Å²) in [6, 6.07) is 11.9. The van der Waals surface area contributed by atoms with Gasteiger partial charge in [0.2, 0.25) is 0 Å². The van der Waals surface area contributed by atoms with E-state index in [1.165, 1.54) is 12.3 Å². The number of hydrogen-bond donors (Lipinski definition) is 0. The van der Waals surface area contributed by atoms with Crippen molar-refractivity contribution in [3.63, 3.8) is 0 Å². The molecule has 0 unspecified atom stereocenters. The molecule has 6 nitrogen and oxygen atoms in total. The van der Waals surface area contributed by atoms with Gasteiger partial charge in [-0.05, 0) is 47.9 Å². The standard InChI is InChI=1S/C24H18ClF3N6/c1-15-8-18(11-29-9-15)22-20(17-3-5-19(25)6-4-17)12-31-34-14-33(32-23(22)34)13-16-2-7-21(30-10-16)24(26,27)28/h2-12H,13-14H2,1H3. The van der Waals surface area contributed by atoms with Crippen LogP contribution in [-0.2, 0) is 12.7 Å². The van der Waals surface area contributed by atoms with Gasteiger partial charge in [-0.1, -0.05) is 29.8 Å². The summed E-state index contributed by atoms with van der Waals surface area (Å²) in [7, 11) is 0. The van der Waals surface area contributed by atoms with Crippen LogP contribution in [0.3, 0.4) is 0 Å². The smallest absolute Gasteiger partial charge is 0.269 e. The van der Waals surface area contributed by atoms with Crippen molar-refractivity contribution in [1.29, 1.82) is 0 Å². The summed E-state index contributed by atoms with van der Waals surface area (Å²) in [5.41, 5.74) is 4.24. The van der Waals surface area contributed by atoms with Crippen molar-refractivity contribution in [3.05, 3.63) is 94.0 Å². The number of rotatable bonds is 4. The first-order valence-corrected chi connectivity index (χ1v) is 10.8. The normalized spacial score (nSPS) is 15.6. The zero-order valence-electron chi connectivity index (χ0n) is 18.0. The molecule has 4 heterocycles. The van der Waals surface area contributed by atoms with E-state index in [2.05, 4.69) is 15.1 Å². The predicted octanol–water partition coefficient (Wildman–Crippen LogP) is 5.46. The molecule has 0 spiro atoms. The minimum Gasteiger partial charge on any atom is -0.269 e. The van der Waals surface area contributed by atoms with Crippen molar-refractivity contribution in [2.45, 2.75) is 19.6 Å². The van der Waals surface area contributed by atoms with Gasteiger partial charge in [-0.2, -0.15) is 23.4 Å². The average Bonchev–Trinajstić information content (AvgIpc) is 3.21. The second-order valence-corrected chi connectivity index (χ2v) is 8.41. The van der Waals surface area contributed by atoms with Crippen LogP contribution in [0.25, 0.3) is 11.1 Å². The van der Waals surface area contributed by atoms with Crippen LogP contribution in [0, 0.1) is 6.92 Å². The van der Waals surface area contributed by atoms with Crippen molar-refractivity contribution in [3.8, 4) is 0 Å². The molecule has 0 atom stereocenters. The summed E-state index contributed by atoms with van der Waals surface area (Å²) in [5, 5.41) is 13.5. The molecule has 1 aromatic carbocycles. The van der Waals surface area contributed by atoms with Crippen molar-refractivity contribution in [2.75, 3.05) is 6.67 Å². The lowest BCUT2D eigenvalue weighted by molar-refractivity contribution is -0.141. The van der Waals surface area contributed by atoms with Crippen LogP contribution in [0.1, 0.15) is 27.9 Å². The number of amidine groups is 1. The minimum atomic E-state index is -4.47. The SMILES string of the molecule is Cc1cncc(C2=C(c3ccc(Cl)cc3)C=NN3CN(Cc4ccc(C(F)(F)F)nc4)N=C23)c1. The first-order valence-electron chi connectivity index (χ1n) is 10.4. The van der Waals surface area contributed by atoms with Crippen LogP contribution in [0.4, 0.5) is 13.2 Å². The first kappa shape index (κ1) is 22.1. The second-order valence-electron chi connectivity index (χ2n) is 7.97. The molecule has 10 heteroatoms. The van der Waals surface area contributed by atoms with Gasteiger partial charge in [0.05, 0.1) is 12.8 Å².